The van der Waals surface area contributed by atoms with Crippen LogP contribution in [0.15, 0.2) is 53.4 Å². The minimum atomic E-state index is -0.654. The van der Waals surface area contributed by atoms with Crippen LogP contribution in [0.1, 0.15) is 30.5 Å². The lowest BCUT2D eigenvalue weighted by atomic mass is 10.0. The van der Waals surface area contributed by atoms with Gasteiger partial charge in [-0.15, -0.1) is 0 Å². The molecule has 0 fully saturated rings. The van der Waals surface area contributed by atoms with E-state index in [9.17, 15) is 15.1 Å². The Kier molecular flexibility index (Phi) is 8.12. The molecule has 0 aliphatic heterocycles. The van der Waals surface area contributed by atoms with Crippen molar-refractivity contribution in [2.24, 2.45) is 5.92 Å². The van der Waals surface area contributed by atoms with Gasteiger partial charge in [0.25, 0.3) is 0 Å². The van der Waals surface area contributed by atoms with Gasteiger partial charge >= 0.3 is 0 Å². The number of methoxy groups -OCH3 is 1. The Hall–Kier alpha value is -2.10. The molecule has 1 aliphatic rings. The largest absolute Gasteiger partial charge is 0.497 e. The number of hydrogen-bond donors (Lipinski definition) is 5. The Labute approximate surface area is 181 Å². The number of ether oxygens (including phenoxy) is 1. The number of carbonyl (C=O) groups is 1. The van der Waals surface area contributed by atoms with E-state index in [0.29, 0.717) is 19.4 Å². The van der Waals surface area contributed by atoms with E-state index < -0.39 is 6.10 Å². The van der Waals surface area contributed by atoms with E-state index in [-0.39, 0.29) is 23.9 Å². The first kappa shape index (κ1) is 22.6. The first-order valence-electron chi connectivity index (χ1n) is 10.0. The number of carbonyl (C=O) groups excluding carboxylic acids is 1. The number of amides is 1. The summed E-state index contributed by atoms with van der Waals surface area (Å²) in [6, 6.07) is 14.9. The second-order valence-corrected chi connectivity index (χ2v) is 8.51. The smallest absolute Gasteiger partial charge is 0.223 e. The lowest BCUT2D eigenvalue weighted by molar-refractivity contribution is -0.126. The molecule has 4 unspecified atom stereocenters. The summed E-state index contributed by atoms with van der Waals surface area (Å²) in [6.07, 6.45) is 0.341. The normalized spacial score (nSPS) is 19.7. The lowest BCUT2D eigenvalue weighted by Gasteiger charge is -2.23. The average Bonchev–Trinajstić information content (AvgIpc) is 3.11. The van der Waals surface area contributed by atoms with Crippen molar-refractivity contribution in [2.45, 2.75) is 42.8 Å². The molecule has 1 amide bonds. The van der Waals surface area contributed by atoms with Crippen molar-refractivity contribution in [3.05, 3.63) is 59.7 Å². The Morgan fingerprint density at radius 2 is 1.97 bits per heavy atom. The lowest BCUT2D eigenvalue weighted by Crippen LogP contribution is -2.43. The summed E-state index contributed by atoms with van der Waals surface area (Å²) in [5.41, 5.74) is 4.44. The average molecular weight is 432 g/mol. The highest BCUT2D eigenvalue weighted by atomic mass is 32.2. The molecule has 0 spiro atoms. The number of nitrogens with one attached hydrogen (secondary N) is 3. The molecule has 7 nitrogen and oxygen atoms in total. The van der Waals surface area contributed by atoms with Crippen molar-refractivity contribution in [1.29, 1.82) is 0 Å². The van der Waals surface area contributed by atoms with Gasteiger partial charge in [-0.2, -0.15) is 5.48 Å². The minimum Gasteiger partial charge on any atom is -0.497 e. The molecule has 4 atom stereocenters. The minimum absolute atomic E-state index is 0.140. The van der Waals surface area contributed by atoms with Crippen molar-refractivity contribution >= 4 is 17.9 Å². The van der Waals surface area contributed by atoms with Gasteiger partial charge in [0.15, 0.2) is 0 Å². The maximum absolute atomic E-state index is 12.7. The molecule has 0 heterocycles. The standard InChI is InChI=1S/C22H29N3O4S/c1-14(11-16(26)13-23-30-18-9-7-17(29-2)8-10-18)22(27)24-21-19-6-4-3-5-15(19)12-20(21)25-28/h3-10,14,16,20-21,23,25-26,28H,11-13H2,1-2H3,(H,24,27). The predicted molar refractivity (Wildman–Crippen MR) is 116 cm³/mol. The first-order valence-corrected chi connectivity index (χ1v) is 10.8. The van der Waals surface area contributed by atoms with Crippen molar-refractivity contribution in [3.63, 3.8) is 0 Å². The van der Waals surface area contributed by atoms with Gasteiger partial charge in [0.05, 0.1) is 25.3 Å². The molecule has 2 aromatic carbocycles. The number of aliphatic hydroxyl groups excluding tert-OH is 1. The monoisotopic (exact) mass is 431 g/mol. The molecular formula is C22H29N3O4S. The van der Waals surface area contributed by atoms with Crippen LogP contribution in [0.3, 0.4) is 0 Å². The van der Waals surface area contributed by atoms with E-state index in [0.717, 1.165) is 21.8 Å². The van der Waals surface area contributed by atoms with Crippen LogP contribution in [0, 0.1) is 5.92 Å². The number of aliphatic hydroxyl groups is 1. The van der Waals surface area contributed by atoms with E-state index in [1.807, 2.05) is 48.5 Å². The summed E-state index contributed by atoms with van der Waals surface area (Å²) >= 11 is 1.42. The molecular weight excluding hydrogens is 402 g/mol. The number of hydroxylamine groups is 1. The molecule has 1 aliphatic carbocycles. The zero-order valence-corrected chi connectivity index (χ0v) is 18.0. The van der Waals surface area contributed by atoms with Crippen LogP contribution in [-0.2, 0) is 11.2 Å². The predicted octanol–water partition coefficient (Wildman–Crippen LogP) is 2.44. The van der Waals surface area contributed by atoms with Crippen LogP contribution in [0.2, 0.25) is 0 Å². The van der Waals surface area contributed by atoms with Gasteiger partial charge in [-0.1, -0.05) is 31.2 Å². The van der Waals surface area contributed by atoms with Gasteiger partial charge in [0.2, 0.25) is 5.91 Å². The number of benzene rings is 2. The summed E-state index contributed by atoms with van der Waals surface area (Å²) in [6.45, 7) is 2.17. The van der Waals surface area contributed by atoms with E-state index in [1.54, 1.807) is 14.0 Å². The molecule has 30 heavy (non-hydrogen) atoms. The summed E-state index contributed by atoms with van der Waals surface area (Å²) in [4.78, 5) is 13.7. The molecule has 0 radical (unpaired) electrons. The first-order chi connectivity index (χ1) is 14.5. The van der Waals surface area contributed by atoms with Crippen LogP contribution in [0.4, 0.5) is 0 Å². The fourth-order valence-electron chi connectivity index (χ4n) is 3.65. The number of hydrogen-bond acceptors (Lipinski definition) is 7. The van der Waals surface area contributed by atoms with Crippen LogP contribution < -0.4 is 20.3 Å². The molecule has 0 saturated carbocycles. The number of rotatable bonds is 10. The highest BCUT2D eigenvalue weighted by molar-refractivity contribution is 7.97. The van der Waals surface area contributed by atoms with Crippen LogP contribution in [0.25, 0.3) is 0 Å². The summed E-state index contributed by atoms with van der Waals surface area (Å²) in [5, 5.41) is 22.8. The second kappa shape index (κ2) is 10.8. The van der Waals surface area contributed by atoms with Gasteiger partial charge in [-0.3, -0.25) is 9.52 Å². The third kappa shape index (κ3) is 5.74. The SMILES string of the molecule is COc1ccc(SNCC(O)CC(C)C(=O)NC2c3ccccc3CC2NO)cc1. The maximum atomic E-state index is 12.7. The third-order valence-electron chi connectivity index (χ3n) is 5.34. The van der Waals surface area contributed by atoms with Crippen LogP contribution in [-0.4, -0.2) is 42.0 Å². The quantitative estimate of drug-likeness (QED) is 0.291. The molecule has 5 N–H and O–H groups in total. The molecule has 3 rings (SSSR count). The second-order valence-electron chi connectivity index (χ2n) is 7.54. The van der Waals surface area contributed by atoms with Crippen LogP contribution in [0.5, 0.6) is 5.75 Å². The van der Waals surface area contributed by atoms with Gasteiger partial charge in [-0.25, -0.2) is 0 Å². The van der Waals surface area contributed by atoms with Gasteiger partial charge < -0.3 is 20.4 Å². The Balaban J connectivity index is 1.45. The molecule has 162 valence electrons. The van der Waals surface area contributed by atoms with Gasteiger partial charge in [0.1, 0.15) is 5.75 Å². The van der Waals surface area contributed by atoms with E-state index in [1.165, 1.54) is 11.9 Å². The highest BCUT2D eigenvalue weighted by Crippen LogP contribution is 2.31. The fraction of sp³-hybridized carbons (Fsp3) is 0.409. The van der Waals surface area contributed by atoms with Crippen LogP contribution >= 0.6 is 11.9 Å². The Morgan fingerprint density at radius 1 is 1.23 bits per heavy atom. The zero-order chi connectivity index (χ0) is 21.5. The summed E-state index contributed by atoms with van der Waals surface area (Å²) in [7, 11) is 1.63. The molecule has 0 aromatic heterocycles. The zero-order valence-electron chi connectivity index (χ0n) is 17.2. The maximum Gasteiger partial charge on any atom is 0.223 e. The number of fused-ring (bicyclic) bond motifs is 1. The Bertz CT molecular complexity index is 833. The molecule has 0 saturated heterocycles. The van der Waals surface area contributed by atoms with E-state index >= 15 is 0 Å². The van der Waals surface area contributed by atoms with Crippen molar-refractivity contribution in [3.8, 4) is 5.75 Å². The third-order valence-corrected chi connectivity index (χ3v) is 6.16. The fourth-order valence-corrected chi connectivity index (χ4v) is 4.37. The van der Waals surface area contributed by atoms with E-state index in [4.69, 9.17) is 4.74 Å². The van der Waals surface area contributed by atoms with Gasteiger partial charge in [0, 0.05) is 17.4 Å². The molecule has 2 aromatic rings. The summed E-state index contributed by atoms with van der Waals surface area (Å²) < 4.78 is 8.27. The molecule has 0 bridgehead atoms. The van der Waals surface area contributed by atoms with E-state index in [2.05, 4.69) is 15.5 Å². The Morgan fingerprint density at radius 3 is 2.67 bits per heavy atom. The van der Waals surface area contributed by atoms with Crippen molar-refractivity contribution in [1.82, 2.24) is 15.5 Å². The molecule has 8 heteroatoms. The van der Waals surface area contributed by atoms with Gasteiger partial charge in [-0.05, 0) is 60.2 Å². The topological polar surface area (TPSA) is 103 Å². The highest BCUT2D eigenvalue weighted by Gasteiger charge is 2.34. The van der Waals surface area contributed by atoms with Crippen molar-refractivity contribution < 1.29 is 19.8 Å². The summed E-state index contributed by atoms with van der Waals surface area (Å²) in [5.74, 6) is 0.293. The van der Waals surface area contributed by atoms with Crippen molar-refractivity contribution in [2.75, 3.05) is 13.7 Å².